The molecule has 0 bridgehead atoms. The second kappa shape index (κ2) is 11.3. The first-order valence-corrected chi connectivity index (χ1v) is 7.33. The van der Waals surface area contributed by atoms with E-state index in [1.807, 2.05) is 20.0 Å². The summed E-state index contributed by atoms with van der Waals surface area (Å²) in [6.45, 7) is 14.5. The van der Waals surface area contributed by atoms with E-state index in [1.165, 1.54) is 12.0 Å². The van der Waals surface area contributed by atoms with Crippen LogP contribution in [0.25, 0.3) is 0 Å². The molecule has 1 aliphatic heterocycles. The van der Waals surface area contributed by atoms with E-state index in [0.717, 1.165) is 45.0 Å². The van der Waals surface area contributed by atoms with Gasteiger partial charge in [0.25, 0.3) is 0 Å². The van der Waals surface area contributed by atoms with Gasteiger partial charge in [-0.15, -0.1) is 0 Å². The molecule has 0 unspecified atom stereocenters. The predicted molar refractivity (Wildman–Crippen MR) is 80.1 cm³/mol. The zero-order valence-corrected chi connectivity index (χ0v) is 12.8. The highest BCUT2D eigenvalue weighted by molar-refractivity contribution is 5.77. The normalized spacial score (nSPS) is 14.6. The van der Waals surface area contributed by atoms with Gasteiger partial charge < -0.3 is 9.64 Å². The van der Waals surface area contributed by atoms with Crippen LogP contribution >= 0.6 is 0 Å². The maximum absolute atomic E-state index is 5.67. The van der Waals surface area contributed by atoms with Gasteiger partial charge in [-0.2, -0.15) is 0 Å². The molecule has 1 aliphatic rings. The summed E-state index contributed by atoms with van der Waals surface area (Å²) in [7, 11) is 0. The monoisotopic (exact) mass is 254 g/mol. The highest BCUT2D eigenvalue weighted by atomic mass is 16.5. The number of ether oxygens (including phenoxy) is 1. The Bertz CT molecular complexity index is 259. The molecule has 106 valence electrons. The lowest BCUT2D eigenvalue weighted by atomic mass is 10.1. The molecule has 0 saturated heterocycles. The van der Waals surface area contributed by atoms with E-state index in [2.05, 4.69) is 30.7 Å². The second-order valence-electron chi connectivity index (χ2n) is 4.28. The van der Waals surface area contributed by atoms with Gasteiger partial charge in [-0.1, -0.05) is 33.3 Å². The van der Waals surface area contributed by atoms with E-state index in [9.17, 15) is 0 Å². The van der Waals surface area contributed by atoms with E-state index in [1.54, 1.807) is 0 Å². The third-order valence-electron chi connectivity index (χ3n) is 2.83. The standard InChI is InChI=1S/C13H24N2O.C2H6/c1-4-8-15(5-2)9-10-16-13-7-6-12(3)11-14-13;1-2/h11H,4-10H2,1-3H3;1-2H3. The molecule has 0 aliphatic carbocycles. The number of aliphatic imine (C=N–C) groups is 1. The van der Waals surface area contributed by atoms with Crippen LogP contribution in [-0.2, 0) is 4.74 Å². The molecule has 0 radical (unpaired) electrons. The lowest BCUT2D eigenvalue weighted by molar-refractivity contribution is 0.205. The zero-order chi connectivity index (χ0) is 13.8. The molecule has 0 aromatic rings. The number of allylic oxidation sites excluding steroid dienone is 1. The maximum atomic E-state index is 5.67. The van der Waals surface area contributed by atoms with Crippen molar-refractivity contribution in [1.29, 1.82) is 0 Å². The van der Waals surface area contributed by atoms with Crippen LogP contribution < -0.4 is 0 Å². The molecule has 3 nitrogen and oxygen atoms in total. The van der Waals surface area contributed by atoms with E-state index < -0.39 is 0 Å². The van der Waals surface area contributed by atoms with Gasteiger partial charge in [0.15, 0.2) is 5.90 Å². The Labute approximate surface area is 113 Å². The minimum absolute atomic E-state index is 0.763. The number of likely N-dealkylation sites (N-methyl/N-ethyl adjacent to an activating group) is 1. The van der Waals surface area contributed by atoms with Crippen molar-refractivity contribution >= 4 is 5.90 Å². The van der Waals surface area contributed by atoms with Crippen LogP contribution in [0, 0.1) is 0 Å². The van der Waals surface area contributed by atoms with E-state index >= 15 is 0 Å². The van der Waals surface area contributed by atoms with E-state index in [4.69, 9.17) is 4.74 Å². The average molecular weight is 254 g/mol. The molecule has 0 N–H and O–H groups in total. The summed E-state index contributed by atoms with van der Waals surface area (Å²) in [6, 6.07) is 0. The fourth-order valence-electron chi connectivity index (χ4n) is 1.76. The Kier molecular flexibility index (Phi) is 10.8. The first kappa shape index (κ1) is 17.2. The third kappa shape index (κ3) is 7.49. The van der Waals surface area contributed by atoms with Crippen LogP contribution in [0.2, 0.25) is 0 Å². The Hall–Kier alpha value is -0.830. The summed E-state index contributed by atoms with van der Waals surface area (Å²) in [5.41, 5.74) is 1.34. The van der Waals surface area contributed by atoms with Crippen LogP contribution in [0.3, 0.4) is 0 Å². The van der Waals surface area contributed by atoms with Gasteiger partial charge in [-0.3, -0.25) is 0 Å². The highest BCUT2D eigenvalue weighted by Gasteiger charge is 2.07. The third-order valence-corrected chi connectivity index (χ3v) is 2.83. The Balaban J connectivity index is 0.00000137. The summed E-state index contributed by atoms with van der Waals surface area (Å²) in [6.07, 6.45) is 5.17. The maximum Gasteiger partial charge on any atom is 0.188 e. The van der Waals surface area contributed by atoms with Crippen LogP contribution in [-0.4, -0.2) is 37.0 Å². The molecule has 0 spiro atoms. The first-order chi connectivity index (χ1) is 8.76. The number of hydrogen-bond donors (Lipinski definition) is 0. The van der Waals surface area contributed by atoms with Crippen molar-refractivity contribution in [3.05, 3.63) is 11.8 Å². The van der Waals surface area contributed by atoms with Gasteiger partial charge in [-0.25, -0.2) is 4.99 Å². The van der Waals surface area contributed by atoms with Gasteiger partial charge in [0.1, 0.15) is 6.61 Å². The first-order valence-electron chi connectivity index (χ1n) is 7.33. The van der Waals surface area contributed by atoms with Crippen molar-refractivity contribution in [3.8, 4) is 0 Å². The molecule has 1 heterocycles. The average Bonchev–Trinajstić information content (AvgIpc) is 2.42. The lowest BCUT2D eigenvalue weighted by Crippen LogP contribution is -2.29. The van der Waals surface area contributed by atoms with Crippen molar-refractivity contribution < 1.29 is 4.74 Å². The Morgan fingerprint density at radius 3 is 2.44 bits per heavy atom. The fraction of sp³-hybridized carbons (Fsp3) is 0.800. The molecule has 0 aromatic heterocycles. The Morgan fingerprint density at radius 2 is 1.94 bits per heavy atom. The number of hydrogen-bond acceptors (Lipinski definition) is 3. The predicted octanol–water partition coefficient (Wildman–Crippen LogP) is 3.86. The molecule has 0 amide bonds. The van der Waals surface area contributed by atoms with Crippen LogP contribution in [0.5, 0.6) is 0 Å². The largest absolute Gasteiger partial charge is 0.479 e. The second-order valence-corrected chi connectivity index (χ2v) is 4.28. The minimum atomic E-state index is 0.763. The highest BCUT2D eigenvalue weighted by Crippen LogP contribution is 2.11. The zero-order valence-electron chi connectivity index (χ0n) is 12.8. The smallest absolute Gasteiger partial charge is 0.188 e. The van der Waals surface area contributed by atoms with Crippen molar-refractivity contribution in [2.45, 2.75) is 53.9 Å². The summed E-state index contributed by atoms with van der Waals surface area (Å²) < 4.78 is 5.67. The summed E-state index contributed by atoms with van der Waals surface area (Å²) in [5, 5.41) is 0. The molecule has 3 heteroatoms. The quantitative estimate of drug-likeness (QED) is 0.719. The SMILES string of the molecule is CC.CCCN(CC)CCOC1=NC=C(C)CC1. The van der Waals surface area contributed by atoms with Crippen molar-refractivity contribution in [3.63, 3.8) is 0 Å². The molecule has 0 aromatic carbocycles. The van der Waals surface area contributed by atoms with Gasteiger partial charge in [0, 0.05) is 19.2 Å². The summed E-state index contributed by atoms with van der Waals surface area (Å²) in [4.78, 5) is 6.70. The minimum Gasteiger partial charge on any atom is -0.479 e. The molecule has 0 atom stereocenters. The number of rotatable bonds is 6. The van der Waals surface area contributed by atoms with Crippen LogP contribution in [0.1, 0.15) is 53.9 Å². The molecule has 1 rings (SSSR count). The number of nitrogens with zero attached hydrogens (tertiary/aromatic N) is 2. The van der Waals surface area contributed by atoms with Crippen LogP contribution in [0.15, 0.2) is 16.8 Å². The summed E-state index contributed by atoms with van der Waals surface area (Å²) >= 11 is 0. The van der Waals surface area contributed by atoms with Gasteiger partial charge >= 0.3 is 0 Å². The van der Waals surface area contributed by atoms with Crippen LogP contribution in [0.4, 0.5) is 0 Å². The molecule has 0 saturated carbocycles. The molecule has 0 fully saturated rings. The van der Waals surface area contributed by atoms with Crippen molar-refractivity contribution in [1.82, 2.24) is 4.90 Å². The Morgan fingerprint density at radius 1 is 1.22 bits per heavy atom. The van der Waals surface area contributed by atoms with E-state index in [-0.39, 0.29) is 0 Å². The molecule has 18 heavy (non-hydrogen) atoms. The van der Waals surface area contributed by atoms with E-state index in [0.29, 0.717) is 0 Å². The van der Waals surface area contributed by atoms with Gasteiger partial charge in [0.05, 0.1) is 0 Å². The lowest BCUT2D eigenvalue weighted by Gasteiger charge is -2.20. The van der Waals surface area contributed by atoms with Gasteiger partial charge in [-0.05, 0) is 32.9 Å². The van der Waals surface area contributed by atoms with Crippen molar-refractivity contribution in [2.24, 2.45) is 4.99 Å². The van der Waals surface area contributed by atoms with Gasteiger partial charge in [0.2, 0.25) is 0 Å². The van der Waals surface area contributed by atoms with Crippen molar-refractivity contribution in [2.75, 3.05) is 26.2 Å². The topological polar surface area (TPSA) is 24.8 Å². The fourth-order valence-corrected chi connectivity index (χ4v) is 1.76. The molecular weight excluding hydrogens is 224 g/mol. The summed E-state index contributed by atoms with van der Waals surface area (Å²) in [5.74, 6) is 0.901. The molecular formula is C15H30N2O.